The van der Waals surface area contributed by atoms with Crippen molar-refractivity contribution in [2.45, 2.75) is 6.04 Å². The Kier molecular flexibility index (Phi) is 10.6. The van der Waals surface area contributed by atoms with Crippen molar-refractivity contribution < 1.29 is 23.9 Å². The molecular weight excluding hydrogens is 208 g/mol. The van der Waals surface area contributed by atoms with Crippen molar-refractivity contribution >= 4 is 29.9 Å². The Bertz CT molecular complexity index is 154. The van der Waals surface area contributed by atoms with Gasteiger partial charge in [0.1, 0.15) is 6.04 Å². The molecule has 0 rings (SSSR count). The fourth-order valence-corrected chi connectivity index (χ4v) is 0.234. The van der Waals surface area contributed by atoms with Crippen LogP contribution in [-0.2, 0) is 16.1 Å². The van der Waals surface area contributed by atoms with Gasteiger partial charge in [-0.2, -0.15) is 12.6 Å². The summed E-state index contributed by atoms with van der Waals surface area (Å²) in [6, 6.07) is -0.816. The molecule has 2 unspecified atom stereocenters. The number of thiol groups is 1. The number of nitrogens with two attached hydrogens (primary N) is 1. The number of hydrogen-bond acceptors (Lipinski definition) is 6. The second-order valence-electron chi connectivity index (χ2n) is 1.45. The van der Waals surface area contributed by atoms with E-state index in [-0.39, 0.29) is 5.75 Å². The number of carboxylic acids is 1. The summed E-state index contributed by atoms with van der Waals surface area (Å²) in [5.41, 5.74) is 4.94. The van der Waals surface area contributed by atoms with Crippen LogP contribution in [0.25, 0.3) is 0 Å². The van der Waals surface area contributed by atoms with Gasteiger partial charge in [0.2, 0.25) is 0 Å². The molecule has 0 fully saturated rings. The fourth-order valence-electron chi connectivity index (χ4n) is 0.0781. The maximum atomic E-state index is 9.76. The van der Waals surface area contributed by atoms with E-state index in [2.05, 4.69) is 12.6 Å². The molecule has 12 heavy (non-hydrogen) atoms. The molecule has 0 aromatic heterocycles. The van der Waals surface area contributed by atoms with Crippen LogP contribution < -0.4 is 10.6 Å². The van der Waals surface area contributed by atoms with Crippen LogP contribution >= 0.6 is 12.6 Å². The third-order valence-electron chi connectivity index (χ3n) is 0.588. The van der Waals surface area contributed by atoms with Crippen LogP contribution in [0.15, 0.2) is 0 Å². The summed E-state index contributed by atoms with van der Waals surface area (Å²) in [6.07, 6.45) is 0. The molecule has 0 radical (unpaired) electrons. The molecule has 7 nitrogen and oxygen atoms in total. The summed E-state index contributed by atoms with van der Waals surface area (Å²) in [4.78, 5) is 10.7. The number of carbonyl (C=O) groups is 1. The van der Waals surface area contributed by atoms with Crippen molar-refractivity contribution in [2.75, 3.05) is 5.75 Å². The average Bonchev–Trinajstić information content (AvgIpc) is 2.04. The van der Waals surface area contributed by atoms with Gasteiger partial charge in [-0.3, -0.25) is 9.00 Å². The standard InChI is InChI=1S/C3H7NO2S.H3NO3S/c4-2(1-7)3(5)6;2-1-5(3)4/h2,7H,1,4H2,(H,5,6);1-2H,(H,3,4)/p-1. The Hall–Kier alpha value is -0.190. The van der Waals surface area contributed by atoms with Crippen LogP contribution in [0.3, 0.4) is 0 Å². The van der Waals surface area contributed by atoms with Gasteiger partial charge in [0, 0.05) is 17.0 Å². The van der Waals surface area contributed by atoms with Crippen molar-refractivity contribution in [3.05, 3.63) is 0 Å². The first kappa shape index (κ1) is 14.3. The Morgan fingerprint density at radius 1 is 1.83 bits per heavy atom. The van der Waals surface area contributed by atoms with E-state index < -0.39 is 23.3 Å². The first-order valence-corrected chi connectivity index (χ1v) is 4.24. The van der Waals surface area contributed by atoms with Crippen molar-refractivity contribution in [1.82, 2.24) is 4.89 Å². The Morgan fingerprint density at radius 3 is 2.17 bits per heavy atom. The summed E-state index contributed by atoms with van der Waals surface area (Å²) in [7, 11) is 0. The van der Waals surface area contributed by atoms with Gasteiger partial charge in [-0.1, -0.05) is 0 Å². The zero-order chi connectivity index (χ0) is 10.1. The minimum atomic E-state index is -2.52. The molecule has 74 valence electrons. The van der Waals surface area contributed by atoms with Gasteiger partial charge < -0.3 is 20.6 Å². The van der Waals surface area contributed by atoms with Gasteiger partial charge in [0.05, 0.1) is 0 Å². The van der Waals surface area contributed by atoms with E-state index in [1.54, 1.807) is 0 Å². The molecule has 5 N–H and O–H groups in total. The van der Waals surface area contributed by atoms with Gasteiger partial charge in [-0.05, 0) is 0 Å². The minimum absolute atomic E-state index is 0.190. The van der Waals surface area contributed by atoms with E-state index in [0.29, 0.717) is 0 Å². The van der Waals surface area contributed by atoms with Gasteiger partial charge in [0.25, 0.3) is 0 Å². The second-order valence-corrected chi connectivity index (χ2v) is 2.47. The van der Waals surface area contributed by atoms with Crippen molar-refractivity contribution in [3.8, 4) is 0 Å². The predicted molar refractivity (Wildman–Crippen MR) is 43.3 cm³/mol. The molecule has 0 bridgehead atoms. The third kappa shape index (κ3) is 12.5. The summed E-state index contributed by atoms with van der Waals surface area (Å²) in [5, 5.41) is 15.3. The highest BCUT2D eigenvalue weighted by Gasteiger charge is 2.06. The Labute approximate surface area is 76.7 Å². The fraction of sp³-hybridized carbons (Fsp3) is 0.667. The number of carboxylic acid groups (broad SMARTS) is 1. The lowest BCUT2D eigenvalue weighted by atomic mass is 10.4. The maximum absolute atomic E-state index is 9.76. The Morgan fingerprint density at radius 2 is 2.17 bits per heavy atom. The van der Waals surface area contributed by atoms with Gasteiger partial charge in [-0.15, -0.1) is 4.89 Å². The summed E-state index contributed by atoms with van der Waals surface area (Å²) in [5.74, 6) is -0.815. The molecule has 0 aliphatic heterocycles. The van der Waals surface area contributed by atoms with Crippen LogP contribution in [0.5, 0.6) is 0 Å². The molecule has 0 saturated carbocycles. The quantitative estimate of drug-likeness (QED) is 0.212. The third-order valence-corrected chi connectivity index (χ3v) is 1.13. The highest BCUT2D eigenvalue weighted by atomic mass is 32.2. The topological polar surface area (TPSA) is 136 Å². The number of rotatable bonds is 3. The van der Waals surface area contributed by atoms with E-state index in [1.165, 1.54) is 0 Å². The molecule has 0 aromatic carbocycles. The van der Waals surface area contributed by atoms with Gasteiger partial charge in [-0.25, -0.2) is 0 Å². The molecule has 2 atom stereocenters. The molecule has 0 heterocycles. The molecule has 0 saturated heterocycles. The molecule has 0 aliphatic rings. The Balaban J connectivity index is 0. The highest BCUT2D eigenvalue weighted by molar-refractivity contribution is 7.80. The smallest absolute Gasteiger partial charge is 0.321 e. The lowest BCUT2D eigenvalue weighted by Crippen LogP contribution is -2.31. The molecule has 9 heteroatoms. The maximum Gasteiger partial charge on any atom is 0.321 e. The van der Waals surface area contributed by atoms with Gasteiger partial charge in [0.15, 0.2) is 0 Å². The largest absolute Gasteiger partial charge is 0.758 e. The van der Waals surface area contributed by atoms with Crippen molar-refractivity contribution in [1.29, 1.82) is 0 Å². The van der Waals surface area contributed by atoms with E-state index in [9.17, 15) is 4.79 Å². The normalized spacial score (nSPS) is 14.0. The van der Waals surface area contributed by atoms with Crippen LogP contribution in [0.2, 0.25) is 0 Å². The van der Waals surface area contributed by atoms with E-state index in [4.69, 9.17) is 24.8 Å². The summed E-state index contributed by atoms with van der Waals surface area (Å²) < 4.78 is 18.0. The minimum Gasteiger partial charge on any atom is -0.758 e. The second kappa shape index (κ2) is 8.90. The predicted octanol–water partition coefficient (Wildman–Crippen LogP) is -1.91. The zero-order valence-corrected chi connectivity index (χ0v) is 7.55. The lowest BCUT2D eigenvalue weighted by Gasteiger charge is -1.96. The average molecular weight is 217 g/mol. The van der Waals surface area contributed by atoms with Gasteiger partial charge >= 0.3 is 5.97 Å². The molecule has 0 amide bonds. The number of hydrogen-bond donors (Lipinski definition) is 5. The van der Waals surface area contributed by atoms with E-state index in [1.807, 2.05) is 0 Å². The highest BCUT2D eigenvalue weighted by Crippen LogP contribution is 1.80. The molecule has 0 aliphatic carbocycles. The van der Waals surface area contributed by atoms with Crippen LogP contribution in [-0.4, -0.2) is 36.8 Å². The monoisotopic (exact) mass is 217 g/mol. The van der Waals surface area contributed by atoms with Crippen LogP contribution in [0, 0.1) is 0 Å². The zero-order valence-electron chi connectivity index (χ0n) is 5.84. The van der Waals surface area contributed by atoms with Crippen molar-refractivity contribution in [3.63, 3.8) is 0 Å². The number of aliphatic carboxylic acids is 1. The first-order chi connectivity index (χ1) is 5.45. The molecular formula is C3H9N2O5S2-. The SMILES string of the molecule is NC(CS)C(=O)O.O=S([O-])NO. The number of nitrogens with one attached hydrogen (secondary N) is 1. The first-order valence-electron chi connectivity index (χ1n) is 2.54. The lowest BCUT2D eigenvalue weighted by molar-refractivity contribution is -0.137. The van der Waals surface area contributed by atoms with Crippen molar-refractivity contribution in [2.24, 2.45) is 5.73 Å². The molecule has 0 spiro atoms. The molecule has 0 aromatic rings. The van der Waals surface area contributed by atoms with Crippen LogP contribution in [0.4, 0.5) is 0 Å². The summed E-state index contributed by atoms with van der Waals surface area (Å²) in [6.45, 7) is 0. The summed E-state index contributed by atoms with van der Waals surface area (Å²) >= 11 is 1.13. The van der Waals surface area contributed by atoms with E-state index >= 15 is 0 Å². The van der Waals surface area contributed by atoms with E-state index in [0.717, 1.165) is 4.89 Å². The van der Waals surface area contributed by atoms with Crippen LogP contribution in [0.1, 0.15) is 0 Å².